The molecule has 0 aliphatic rings. The van der Waals surface area contributed by atoms with Crippen molar-refractivity contribution in [2.75, 3.05) is 52.9 Å². The Kier molecular flexibility index (Phi) is 11.1. The summed E-state index contributed by atoms with van der Waals surface area (Å²) in [4.78, 5) is 4.38. The predicted molar refractivity (Wildman–Crippen MR) is 136 cm³/mol. The molecule has 2 aromatic carbocycles. The number of nitrogens with zero attached hydrogens (tertiary/aromatic N) is 1. The SMILES string of the molecule is C=C/C=C\c1cccc(OCCOCCOCCOCCOc2cccc3cccnc23)c1C. The molecule has 1 heterocycles. The van der Waals surface area contributed by atoms with Gasteiger partial charge in [-0.25, -0.2) is 0 Å². The van der Waals surface area contributed by atoms with Gasteiger partial charge in [0.15, 0.2) is 0 Å². The van der Waals surface area contributed by atoms with Crippen LogP contribution in [0, 0.1) is 6.92 Å². The van der Waals surface area contributed by atoms with Gasteiger partial charge in [0.2, 0.25) is 0 Å². The standard InChI is InChI=1S/C28H33NO5/c1-3-4-8-24-9-5-12-26(23(24)2)33-21-19-31-17-15-30-16-18-32-20-22-34-27-13-6-10-25-11-7-14-29-28(25)27/h3-14H,1,15-22H2,2H3/b8-4-. The Morgan fingerprint density at radius 1 is 0.735 bits per heavy atom. The molecule has 180 valence electrons. The summed E-state index contributed by atoms with van der Waals surface area (Å²) < 4.78 is 28.3. The molecule has 0 radical (unpaired) electrons. The molecule has 0 unspecified atom stereocenters. The number of benzene rings is 2. The Morgan fingerprint density at radius 3 is 2.03 bits per heavy atom. The molecule has 0 atom stereocenters. The fourth-order valence-electron chi connectivity index (χ4n) is 3.30. The number of pyridine rings is 1. The average molecular weight is 464 g/mol. The first-order valence-corrected chi connectivity index (χ1v) is 11.5. The lowest BCUT2D eigenvalue weighted by atomic mass is 10.1. The quantitative estimate of drug-likeness (QED) is 0.214. The predicted octanol–water partition coefficient (Wildman–Crippen LogP) is 5.25. The molecule has 0 fully saturated rings. The molecule has 0 saturated heterocycles. The molecule has 0 N–H and O–H groups in total. The number of aromatic nitrogens is 1. The molecule has 34 heavy (non-hydrogen) atoms. The summed E-state index contributed by atoms with van der Waals surface area (Å²) in [7, 11) is 0. The molecule has 0 spiro atoms. The van der Waals surface area contributed by atoms with E-state index < -0.39 is 0 Å². The van der Waals surface area contributed by atoms with Crippen molar-refractivity contribution in [2.24, 2.45) is 0 Å². The molecule has 6 heteroatoms. The third-order valence-corrected chi connectivity index (χ3v) is 5.05. The molecular weight excluding hydrogens is 430 g/mol. The fraction of sp³-hybridized carbons (Fsp3) is 0.321. The van der Waals surface area contributed by atoms with E-state index >= 15 is 0 Å². The van der Waals surface area contributed by atoms with Gasteiger partial charge < -0.3 is 23.7 Å². The second-order valence-electron chi connectivity index (χ2n) is 7.43. The third kappa shape index (κ3) is 8.30. The van der Waals surface area contributed by atoms with Crippen LogP contribution in [0.15, 0.2) is 73.5 Å². The largest absolute Gasteiger partial charge is 0.491 e. The van der Waals surface area contributed by atoms with Gasteiger partial charge in [0.1, 0.15) is 30.2 Å². The van der Waals surface area contributed by atoms with Crippen molar-refractivity contribution >= 4 is 17.0 Å². The molecular formula is C28H33NO5. The van der Waals surface area contributed by atoms with Gasteiger partial charge in [0, 0.05) is 11.6 Å². The van der Waals surface area contributed by atoms with E-state index in [-0.39, 0.29) is 0 Å². The molecule has 0 aliphatic carbocycles. The summed E-state index contributed by atoms with van der Waals surface area (Å²) in [6, 6.07) is 15.8. The van der Waals surface area contributed by atoms with E-state index in [0.717, 1.165) is 33.5 Å². The minimum atomic E-state index is 0.464. The van der Waals surface area contributed by atoms with Gasteiger partial charge in [0.25, 0.3) is 0 Å². The Bertz CT molecular complexity index is 1040. The van der Waals surface area contributed by atoms with Crippen LogP contribution in [0.4, 0.5) is 0 Å². The highest BCUT2D eigenvalue weighted by Crippen LogP contribution is 2.23. The molecule has 1 aromatic heterocycles. The first-order chi connectivity index (χ1) is 16.8. The summed E-state index contributed by atoms with van der Waals surface area (Å²) in [6.45, 7) is 9.75. The van der Waals surface area contributed by atoms with Crippen LogP contribution < -0.4 is 9.47 Å². The van der Waals surface area contributed by atoms with Crippen LogP contribution in [-0.2, 0) is 14.2 Å². The van der Waals surface area contributed by atoms with Crippen molar-refractivity contribution in [3.8, 4) is 11.5 Å². The Labute approximate surface area is 201 Å². The molecule has 0 aliphatic heterocycles. The maximum absolute atomic E-state index is 5.83. The lowest BCUT2D eigenvalue weighted by Crippen LogP contribution is -2.14. The van der Waals surface area contributed by atoms with Crippen LogP contribution in [0.5, 0.6) is 11.5 Å². The summed E-state index contributed by atoms with van der Waals surface area (Å²) in [6.07, 6.45) is 7.46. The molecule has 6 nitrogen and oxygen atoms in total. The van der Waals surface area contributed by atoms with Gasteiger partial charge in [-0.1, -0.05) is 55.1 Å². The molecule has 0 bridgehead atoms. The number of fused-ring (bicyclic) bond motifs is 1. The minimum Gasteiger partial charge on any atom is -0.491 e. The summed E-state index contributed by atoms with van der Waals surface area (Å²) in [5, 5.41) is 1.06. The summed E-state index contributed by atoms with van der Waals surface area (Å²) in [5.41, 5.74) is 3.08. The minimum absolute atomic E-state index is 0.464. The van der Waals surface area contributed by atoms with E-state index in [1.54, 1.807) is 12.3 Å². The smallest absolute Gasteiger partial charge is 0.145 e. The zero-order valence-corrected chi connectivity index (χ0v) is 19.8. The van der Waals surface area contributed by atoms with E-state index in [2.05, 4.69) is 17.6 Å². The van der Waals surface area contributed by atoms with Crippen molar-refractivity contribution in [1.29, 1.82) is 0 Å². The van der Waals surface area contributed by atoms with Gasteiger partial charge >= 0.3 is 0 Å². The molecule has 0 saturated carbocycles. The number of allylic oxidation sites excluding steroid dienone is 2. The van der Waals surface area contributed by atoms with E-state index in [0.29, 0.717) is 52.9 Å². The summed E-state index contributed by atoms with van der Waals surface area (Å²) >= 11 is 0. The number of hydrogen-bond donors (Lipinski definition) is 0. The highest BCUT2D eigenvalue weighted by molar-refractivity contribution is 5.84. The van der Waals surface area contributed by atoms with E-state index in [1.165, 1.54) is 0 Å². The summed E-state index contributed by atoms with van der Waals surface area (Å²) in [5.74, 6) is 1.63. The van der Waals surface area contributed by atoms with Crippen molar-refractivity contribution in [1.82, 2.24) is 4.98 Å². The van der Waals surface area contributed by atoms with Crippen molar-refractivity contribution < 1.29 is 23.7 Å². The van der Waals surface area contributed by atoms with Crippen molar-refractivity contribution in [2.45, 2.75) is 6.92 Å². The monoisotopic (exact) mass is 463 g/mol. The fourth-order valence-corrected chi connectivity index (χ4v) is 3.30. The maximum atomic E-state index is 5.83. The highest BCUT2D eigenvalue weighted by atomic mass is 16.6. The van der Waals surface area contributed by atoms with E-state index in [1.807, 2.05) is 61.5 Å². The zero-order valence-electron chi connectivity index (χ0n) is 19.8. The van der Waals surface area contributed by atoms with Crippen LogP contribution in [0.2, 0.25) is 0 Å². The zero-order chi connectivity index (χ0) is 23.8. The van der Waals surface area contributed by atoms with E-state index in [9.17, 15) is 0 Å². The van der Waals surface area contributed by atoms with Gasteiger partial charge in [-0.2, -0.15) is 0 Å². The Morgan fingerprint density at radius 2 is 1.32 bits per heavy atom. The number of ether oxygens (including phenoxy) is 5. The molecule has 3 rings (SSSR count). The first kappa shape index (κ1) is 25.4. The third-order valence-electron chi connectivity index (χ3n) is 5.05. The van der Waals surface area contributed by atoms with Gasteiger partial charge in [-0.05, 0) is 36.2 Å². The highest BCUT2D eigenvalue weighted by Gasteiger charge is 2.03. The van der Waals surface area contributed by atoms with Crippen LogP contribution >= 0.6 is 0 Å². The first-order valence-electron chi connectivity index (χ1n) is 11.5. The van der Waals surface area contributed by atoms with Crippen LogP contribution in [-0.4, -0.2) is 57.8 Å². The normalized spacial score (nSPS) is 11.2. The number of hydrogen-bond acceptors (Lipinski definition) is 6. The second kappa shape index (κ2) is 14.9. The lowest BCUT2D eigenvalue weighted by molar-refractivity contribution is 0.00502. The Hall–Kier alpha value is -3.19. The van der Waals surface area contributed by atoms with Crippen LogP contribution in [0.25, 0.3) is 17.0 Å². The van der Waals surface area contributed by atoms with Crippen LogP contribution in [0.1, 0.15) is 11.1 Å². The average Bonchev–Trinajstić information content (AvgIpc) is 2.87. The van der Waals surface area contributed by atoms with Crippen LogP contribution in [0.3, 0.4) is 0 Å². The molecule has 0 amide bonds. The lowest BCUT2D eigenvalue weighted by Gasteiger charge is -2.11. The van der Waals surface area contributed by atoms with Gasteiger partial charge in [-0.15, -0.1) is 0 Å². The number of para-hydroxylation sites is 1. The number of rotatable bonds is 16. The van der Waals surface area contributed by atoms with E-state index in [4.69, 9.17) is 23.7 Å². The van der Waals surface area contributed by atoms with Crippen molar-refractivity contribution in [3.05, 3.63) is 84.6 Å². The Balaban J connectivity index is 1.17. The van der Waals surface area contributed by atoms with Gasteiger partial charge in [-0.3, -0.25) is 4.98 Å². The van der Waals surface area contributed by atoms with Gasteiger partial charge in [0.05, 0.1) is 39.6 Å². The topological polar surface area (TPSA) is 59.0 Å². The maximum Gasteiger partial charge on any atom is 0.145 e. The van der Waals surface area contributed by atoms with Crippen molar-refractivity contribution in [3.63, 3.8) is 0 Å². The molecule has 3 aromatic rings. The second-order valence-corrected chi connectivity index (χ2v) is 7.43.